The Morgan fingerprint density at radius 1 is 1.26 bits per heavy atom. The smallest absolute Gasteiger partial charge is 0.270 e. The van der Waals surface area contributed by atoms with Crippen molar-refractivity contribution in [2.45, 2.75) is 12.8 Å². The molecule has 1 N–H and O–H groups in total. The molecular formula is C16H21N3O4. The van der Waals surface area contributed by atoms with Crippen molar-refractivity contribution in [2.24, 2.45) is 0 Å². The third-order valence-corrected chi connectivity index (χ3v) is 3.41. The summed E-state index contributed by atoms with van der Waals surface area (Å²) < 4.78 is 11.3. The van der Waals surface area contributed by atoms with E-state index in [9.17, 15) is 9.59 Å². The standard InChI is InChI=1S/C16H21N3O4/c1-22-8-3-4-12-5-6-14-18-10-13(16(21)19(14)11-12)15(20)17-7-9-23-2/h5-6,10-11H,3-4,7-9H2,1-2H3,(H,17,20). The molecule has 124 valence electrons. The Balaban J connectivity index is 2.25. The Morgan fingerprint density at radius 2 is 2.04 bits per heavy atom. The number of nitrogens with one attached hydrogen (secondary N) is 1. The largest absolute Gasteiger partial charge is 0.385 e. The number of hydrogen-bond acceptors (Lipinski definition) is 5. The van der Waals surface area contributed by atoms with E-state index in [1.54, 1.807) is 26.5 Å². The fraction of sp³-hybridized carbons (Fsp3) is 0.438. The van der Waals surface area contributed by atoms with Crippen LogP contribution in [-0.4, -0.2) is 49.3 Å². The van der Waals surface area contributed by atoms with Gasteiger partial charge in [-0.3, -0.25) is 14.0 Å². The van der Waals surface area contributed by atoms with E-state index in [4.69, 9.17) is 9.47 Å². The molecule has 2 aromatic heterocycles. The van der Waals surface area contributed by atoms with E-state index in [0.29, 0.717) is 25.4 Å². The number of rotatable bonds is 8. The molecule has 2 aromatic rings. The third kappa shape index (κ3) is 4.37. The first-order valence-electron chi connectivity index (χ1n) is 7.43. The van der Waals surface area contributed by atoms with Gasteiger partial charge in [-0.2, -0.15) is 0 Å². The lowest BCUT2D eigenvalue weighted by molar-refractivity contribution is 0.0935. The van der Waals surface area contributed by atoms with Crippen LogP contribution in [0.2, 0.25) is 0 Å². The van der Waals surface area contributed by atoms with Crippen molar-refractivity contribution < 1.29 is 14.3 Å². The number of hydrogen-bond donors (Lipinski definition) is 1. The summed E-state index contributed by atoms with van der Waals surface area (Å²) >= 11 is 0. The predicted molar refractivity (Wildman–Crippen MR) is 85.9 cm³/mol. The van der Waals surface area contributed by atoms with Crippen molar-refractivity contribution in [3.05, 3.63) is 46.0 Å². The first-order valence-corrected chi connectivity index (χ1v) is 7.43. The lowest BCUT2D eigenvalue weighted by atomic mass is 10.1. The highest BCUT2D eigenvalue weighted by atomic mass is 16.5. The molecule has 0 bridgehead atoms. The van der Waals surface area contributed by atoms with Crippen LogP contribution in [0.3, 0.4) is 0 Å². The molecule has 0 aliphatic rings. The number of amides is 1. The van der Waals surface area contributed by atoms with Crippen molar-refractivity contribution >= 4 is 11.6 Å². The van der Waals surface area contributed by atoms with Gasteiger partial charge in [0.15, 0.2) is 0 Å². The minimum Gasteiger partial charge on any atom is -0.385 e. The van der Waals surface area contributed by atoms with Gasteiger partial charge in [0.05, 0.1) is 6.61 Å². The number of fused-ring (bicyclic) bond motifs is 1. The maximum atomic E-state index is 12.5. The van der Waals surface area contributed by atoms with Crippen LogP contribution < -0.4 is 10.9 Å². The minimum atomic E-state index is -0.446. The molecule has 0 spiro atoms. The fourth-order valence-corrected chi connectivity index (χ4v) is 2.21. The molecular weight excluding hydrogens is 298 g/mol. The molecule has 0 fully saturated rings. The number of methoxy groups -OCH3 is 2. The van der Waals surface area contributed by atoms with Crippen LogP contribution in [0.15, 0.2) is 29.3 Å². The number of aryl methyl sites for hydroxylation is 1. The maximum absolute atomic E-state index is 12.5. The van der Waals surface area contributed by atoms with Gasteiger partial charge in [0, 0.05) is 39.8 Å². The van der Waals surface area contributed by atoms with Gasteiger partial charge in [0.25, 0.3) is 11.5 Å². The summed E-state index contributed by atoms with van der Waals surface area (Å²) in [5, 5.41) is 2.63. The molecule has 0 radical (unpaired) electrons. The normalized spacial score (nSPS) is 10.9. The SMILES string of the molecule is COCCCc1ccc2ncc(C(=O)NCCOC)c(=O)n2c1. The quantitative estimate of drug-likeness (QED) is 0.723. The van der Waals surface area contributed by atoms with E-state index in [-0.39, 0.29) is 11.1 Å². The molecule has 1 amide bonds. The number of aromatic nitrogens is 2. The van der Waals surface area contributed by atoms with Crippen LogP contribution in [0.1, 0.15) is 22.3 Å². The lowest BCUT2D eigenvalue weighted by Crippen LogP contribution is -2.33. The maximum Gasteiger partial charge on any atom is 0.270 e. The molecule has 23 heavy (non-hydrogen) atoms. The molecule has 0 saturated carbocycles. The Labute approximate surface area is 134 Å². The summed E-state index contributed by atoms with van der Waals surface area (Å²) in [6.07, 6.45) is 4.69. The zero-order valence-electron chi connectivity index (χ0n) is 13.4. The molecule has 0 saturated heterocycles. The molecule has 7 nitrogen and oxygen atoms in total. The summed E-state index contributed by atoms with van der Waals surface area (Å²) in [6, 6.07) is 3.70. The topological polar surface area (TPSA) is 81.9 Å². The van der Waals surface area contributed by atoms with Gasteiger partial charge in [-0.05, 0) is 24.5 Å². The average molecular weight is 319 g/mol. The lowest BCUT2D eigenvalue weighted by Gasteiger charge is -2.07. The number of carbonyl (C=O) groups is 1. The van der Waals surface area contributed by atoms with Gasteiger partial charge < -0.3 is 14.8 Å². The zero-order valence-corrected chi connectivity index (χ0v) is 13.4. The fourth-order valence-electron chi connectivity index (χ4n) is 2.21. The molecule has 0 aromatic carbocycles. The summed E-state index contributed by atoms with van der Waals surface area (Å²) in [6.45, 7) is 1.39. The highest BCUT2D eigenvalue weighted by molar-refractivity contribution is 5.93. The van der Waals surface area contributed by atoms with Crippen LogP contribution in [0, 0.1) is 0 Å². The van der Waals surface area contributed by atoms with Gasteiger partial charge >= 0.3 is 0 Å². The van der Waals surface area contributed by atoms with E-state index in [0.717, 1.165) is 18.4 Å². The molecule has 0 aliphatic carbocycles. The number of pyridine rings is 1. The molecule has 7 heteroatoms. The van der Waals surface area contributed by atoms with Crippen molar-refractivity contribution in [3.8, 4) is 0 Å². The minimum absolute atomic E-state index is 0.0210. The predicted octanol–water partition coefficient (Wildman–Crippen LogP) is 0.650. The second-order valence-electron chi connectivity index (χ2n) is 5.09. The van der Waals surface area contributed by atoms with Crippen molar-refractivity contribution in [1.82, 2.24) is 14.7 Å². The van der Waals surface area contributed by atoms with E-state index >= 15 is 0 Å². The molecule has 2 heterocycles. The third-order valence-electron chi connectivity index (χ3n) is 3.41. The van der Waals surface area contributed by atoms with E-state index in [1.807, 2.05) is 6.07 Å². The summed E-state index contributed by atoms with van der Waals surface area (Å²) in [7, 11) is 3.20. The van der Waals surface area contributed by atoms with Gasteiger partial charge in [0.1, 0.15) is 11.2 Å². The van der Waals surface area contributed by atoms with Crippen LogP contribution in [0.25, 0.3) is 5.65 Å². The summed E-state index contributed by atoms with van der Waals surface area (Å²) in [4.78, 5) is 28.7. The van der Waals surface area contributed by atoms with Gasteiger partial charge in [0.2, 0.25) is 0 Å². The number of ether oxygens (including phenoxy) is 2. The first kappa shape index (κ1) is 17.1. The molecule has 0 aliphatic heterocycles. The second kappa shape index (κ2) is 8.40. The molecule has 0 unspecified atom stereocenters. The monoisotopic (exact) mass is 319 g/mol. The summed E-state index contributed by atoms with van der Waals surface area (Å²) in [5.74, 6) is -0.446. The van der Waals surface area contributed by atoms with E-state index in [1.165, 1.54) is 10.6 Å². The van der Waals surface area contributed by atoms with Crippen molar-refractivity contribution in [3.63, 3.8) is 0 Å². The van der Waals surface area contributed by atoms with E-state index in [2.05, 4.69) is 10.3 Å². The number of nitrogens with zero attached hydrogens (tertiary/aromatic N) is 2. The van der Waals surface area contributed by atoms with Crippen molar-refractivity contribution in [2.75, 3.05) is 34.0 Å². The highest BCUT2D eigenvalue weighted by Crippen LogP contribution is 2.06. The van der Waals surface area contributed by atoms with Gasteiger partial charge in [-0.1, -0.05) is 6.07 Å². The van der Waals surface area contributed by atoms with Crippen LogP contribution >= 0.6 is 0 Å². The van der Waals surface area contributed by atoms with Crippen LogP contribution in [-0.2, 0) is 15.9 Å². The van der Waals surface area contributed by atoms with Crippen LogP contribution in [0.5, 0.6) is 0 Å². The van der Waals surface area contributed by atoms with Gasteiger partial charge in [-0.25, -0.2) is 4.98 Å². The molecule has 2 rings (SSSR count). The van der Waals surface area contributed by atoms with Crippen LogP contribution in [0.4, 0.5) is 0 Å². The Hall–Kier alpha value is -2.25. The Kier molecular flexibility index (Phi) is 6.25. The Bertz CT molecular complexity index is 727. The first-order chi connectivity index (χ1) is 11.2. The zero-order chi connectivity index (χ0) is 16.7. The second-order valence-corrected chi connectivity index (χ2v) is 5.09. The summed E-state index contributed by atoms with van der Waals surface area (Å²) in [5.41, 5.74) is 1.15. The highest BCUT2D eigenvalue weighted by Gasteiger charge is 2.13. The average Bonchev–Trinajstić information content (AvgIpc) is 2.56. The van der Waals surface area contributed by atoms with Crippen molar-refractivity contribution in [1.29, 1.82) is 0 Å². The molecule has 0 atom stereocenters. The van der Waals surface area contributed by atoms with E-state index < -0.39 is 5.91 Å². The van der Waals surface area contributed by atoms with Gasteiger partial charge in [-0.15, -0.1) is 0 Å². The Morgan fingerprint density at radius 3 is 2.78 bits per heavy atom. The number of carbonyl (C=O) groups excluding carboxylic acids is 1.